The van der Waals surface area contributed by atoms with Crippen LogP contribution < -0.4 is 4.90 Å². The number of rotatable bonds is 7. The molecule has 1 aromatic carbocycles. The highest BCUT2D eigenvalue weighted by atomic mass is 16.5. The summed E-state index contributed by atoms with van der Waals surface area (Å²) in [5.41, 5.74) is 2.44. The Hall–Kier alpha value is -3.35. The average Bonchev–Trinajstić information content (AvgIpc) is 3.46. The van der Waals surface area contributed by atoms with Gasteiger partial charge in [0.05, 0.1) is 6.61 Å². The van der Waals surface area contributed by atoms with E-state index in [1.165, 1.54) is 6.08 Å². The summed E-state index contributed by atoms with van der Waals surface area (Å²) in [7, 11) is 1.87. The number of amides is 2. The second kappa shape index (κ2) is 10.5. The van der Waals surface area contributed by atoms with Crippen molar-refractivity contribution >= 4 is 29.5 Å². The standard InChI is InChI=1S/C26H31N3O4/c1-27-16-4-7-23(27)26(32)29-17-3-2-6-21(29)15-19-33-25(31)14-11-20-9-12-22(13-10-20)28-18-5-8-24(28)30/h4,7,9-14,16,21H,2-3,5-6,8,15,17-19H2,1H3. The van der Waals surface area contributed by atoms with Crippen molar-refractivity contribution in [3.63, 3.8) is 0 Å². The van der Waals surface area contributed by atoms with Crippen molar-refractivity contribution in [1.29, 1.82) is 0 Å². The van der Waals surface area contributed by atoms with E-state index in [4.69, 9.17) is 4.74 Å². The molecule has 1 aromatic heterocycles. The van der Waals surface area contributed by atoms with Gasteiger partial charge in [0.1, 0.15) is 5.69 Å². The summed E-state index contributed by atoms with van der Waals surface area (Å²) in [6.07, 6.45) is 10.1. The predicted molar refractivity (Wildman–Crippen MR) is 127 cm³/mol. The van der Waals surface area contributed by atoms with Gasteiger partial charge in [-0.1, -0.05) is 12.1 Å². The summed E-state index contributed by atoms with van der Waals surface area (Å²) in [4.78, 5) is 40.7. The second-order valence-electron chi connectivity index (χ2n) is 8.68. The van der Waals surface area contributed by atoms with Crippen molar-refractivity contribution in [2.45, 2.75) is 44.6 Å². The number of benzene rings is 1. The van der Waals surface area contributed by atoms with Crippen LogP contribution in [0.5, 0.6) is 0 Å². The number of anilines is 1. The summed E-state index contributed by atoms with van der Waals surface area (Å²) in [6, 6.07) is 11.4. The van der Waals surface area contributed by atoms with Gasteiger partial charge < -0.3 is 19.1 Å². The number of aryl methyl sites for hydroxylation is 1. The molecule has 2 aliphatic heterocycles. The summed E-state index contributed by atoms with van der Waals surface area (Å²) in [5.74, 6) is -0.203. The molecule has 33 heavy (non-hydrogen) atoms. The van der Waals surface area contributed by atoms with E-state index in [-0.39, 0.29) is 24.5 Å². The zero-order valence-electron chi connectivity index (χ0n) is 19.1. The molecule has 2 aromatic rings. The molecule has 0 aliphatic carbocycles. The second-order valence-corrected chi connectivity index (χ2v) is 8.68. The van der Waals surface area contributed by atoms with Crippen molar-refractivity contribution < 1.29 is 19.1 Å². The monoisotopic (exact) mass is 449 g/mol. The molecule has 174 valence electrons. The lowest BCUT2D eigenvalue weighted by Crippen LogP contribution is -2.44. The number of ether oxygens (including phenoxy) is 1. The number of carbonyl (C=O) groups excluding carboxylic acids is 3. The largest absolute Gasteiger partial charge is 0.462 e. The van der Waals surface area contributed by atoms with Crippen LogP contribution in [-0.2, 0) is 21.4 Å². The zero-order valence-corrected chi connectivity index (χ0v) is 19.1. The topological polar surface area (TPSA) is 71.8 Å². The molecule has 7 nitrogen and oxygen atoms in total. The van der Waals surface area contributed by atoms with Crippen molar-refractivity contribution in [2.75, 3.05) is 24.6 Å². The van der Waals surface area contributed by atoms with Gasteiger partial charge in [0.25, 0.3) is 5.91 Å². The zero-order chi connectivity index (χ0) is 23.2. The number of aromatic nitrogens is 1. The molecule has 0 N–H and O–H groups in total. The van der Waals surface area contributed by atoms with Crippen LogP contribution in [0.2, 0.25) is 0 Å². The van der Waals surface area contributed by atoms with E-state index >= 15 is 0 Å². The summed E-state index contributed by atoms with van der Waals surface area (Å²) in [5, 5.41) is 0. The highest BCUT2D eigenvalue weighted by Gasteiger charge is 2.28. The fraction of sp³-hybridized carbons (Fsp3) is 0.423. The molecule has 0 spiro atoms. The molecule has 0 bridgehead atoms. The van der Waals surface area contributed by atoms with Gasteiger partial charge in [0.15, 0.2) is 0 Å². The van der Waals surface area contributed by atoms with Gasteiger partial charge in [-0.05, 0) is 61.6 Å². The summed E-state index contributed by atoms with van der Waals surface area (Å²) in [6.45, 7) is 1.78. The molecule has 2 fully saturated rings. The number of hydrogen-bond acceptors (Lipinski definition) is 4. The van der Waals surface area contributed by atoms with Crippen LogP contribution in [0.15, 0.2) is 48.7 Å². The molecular weight excluding hydrogens is 418 g/mol. The lowest BCUT2D eigenvalue weighted by atomic mass is 9.99. The Kier molecular flexibility index (Phi) is 7.27. The Labute approximate surface area is 194 Å². The first kappa shape index (κ1) is 22.8. The van der Waals surface area contributed by atoms with E-state index in [0.29, 0.717) is 18.5 Å². The molecule has 7 heteroatoms. The normalized spacial score (nSPS) is 18.8. The highest BCUT2D eigenvalue weighted by Crippen LogP contribution is 2.23. The lowest BCUT2D eigenvalue weighted by Gasteiger charge is -2.35. The van der Waals surface area contributed by atoms with Gasteiger partial charge >= 0.3 is 5.97 Å². The van der Waals surface area contributed by atoms with Gasteiger partial charge in [0, 0.05) is 57.0 Å². The van der Waals surface area contributed by atoms with Crippen LogP contribution in [0.4, 0.5) is 5.69 Å². The van der Waals surface area contributed by atoms with Crippen LogP contribution in [0.1, 0.15) is 54.6 Å². The first-order chi connectivity index (χ1) is 16.0. The molecule has 2 saturated heterocycles. The van der Waals surface area contributed by atoms with Crippen molar-refractivity contribution in [2.24, 2.45) is 7.05 Å². The molecule has 1 atom stereocenters. The predicted octanol–water partition coefficient (Wildman–Crippen LogP) is 3.79. The summed E-state index contributed by atoms with van der Waals surface area (Å²) >= 11 is 0. The van der Waals surface area contributed by atoms with E-state index in [2.05, 4.69) is 0 Å². The van der Waals surface area contributed by atoms with Crippen LogP contribution >= 0.6 is 0 Å². The molecule has 2 amide bonds. The Balaban J connectivity index is 1.26. The number of nitrogens with zero attached hydrogens (tertiary/aromatic N) is 3. The quantitative estimate of drug-likeness (QED) is 0.476. The smallest absolute Gasteiger partial charge is 0.330 e. The molecule has 2 aliphatic rings. The fourth-order valence-corrected chi connectivity index (χ4v) is 4.59. The Bertz CT molecular complexity index is 1020. The maximum atomic E-state index is 12.9. The van der Waals surface area contributed by atoms with E-state index in [0.717, 1.165) is 50.0 Å². The lowest BCUT2D eigenvalue weighted by molar-refractivity contribution is -0.138. The van der Waals surface area contributed by atoms with Gasteiger partial charge in [-0.3, -0.25) is 9.59 Å². The minimum atomic E-state index is -0.398. The molecule has 3 heterocycles. The number of hydrogen-bond donors (Lipinski definition) is 0. The van der Waals surface area contributed by atoms with Gasteiger partial charge in [0.2, 0.25) is 5.91 Å². The average molecular weight is 450 g/mol. The molecule has 0 saturated carbocycles. The Morgan fingerprint density at radius 3 is 2.61 bits per heavy atom. The Morgan fingerprint density at radius 1 is 1.09 bits per heavy atom. The molecule has 0 radical (unpaired) electrons. The number of esters is 1. The van der Waals surface area contributed by atoms with Crippen molar-refractivity contribution in [1.82, 2.24) is 9.47 Å². The minimum absolute atomic E-state index is 0.0394. The van der Waals surface area contributed by atoms with Gasteiger partial charge in [-0.2, -0.15) is 0 Å². The maximum Gasteiger partial charge on any atom is 0.330 e. The fourth-order valence-electron chi connectivity index (χ4n) is 4.59. The molecular formula is C26H31N3O4. The Morgan fingerprint density at radius 2 is 1.91 bits per heavy atom. The first-order valence-electron chi connectivity index (χ1n) is 11.7. The minimum Gasteiger partial charge on any atom is -0.462 e. The third-order valence-corrected chi connectivity index (χ3v) is 6.44. The number of piperidine rings is 1. The third kappa shape index (κ3) is 5.53. The van der Waals surface area contributed by atoms with E-state index in [9.17, 15) is 14.4 Å². The number of likely N-dealkylation sites (tertiary alicyclic amines) is 1. The number of carbonyl (C=O) groups is 3. The first-order valence-corrected chi connectivity index (χ1v) is 11.7. The molecule has 1 unspecified atom stereocenters. The van der Waals surface area contributed by atoms with E-state index in [1.54, 1.807) is 11.0 Å². The van der Waals surface area contributed by atoms with Crippen LogP contribution in [0.3, 0.4) is 0 Å². The van der Waals surface area contributed by atoms with Crippen LogP contribution in [-0.4, -0.2) is 53.0 Å². The summed E-state index contributed by atoms with van der Waals surface area (Å²) < 4.78 is 7.25. The van der Waals surface area contributed by atoms with E-state index < -0.39 is 5.97 Å². The third-order valence-electron chi connectivity index (χ3n) is 6.44. The van der Waals surface area contributed by atoms with E-state index in [1.807, 2.05) is 59.1 Å². The maximum absolute atomic E-state index is 12.9. The van der Waals surface area contributed by atoms with Crippen LogP contribution in [0, 0.1) is 0 Å². The van der Waals surface area contributed by atoms with Crippen molar-refractivity contribution in [3.8, 4) is 0 Å². The van der Waals surface area contributed by atoms with Gasteiger partial charge in [-0.15, -0.1) is 0 Å². The van der Waals surface area contributed by atoms with Crippen molar-refractivity contribution in [3.05, 3.63) is 59.9 Å². The van der Waals surface area contributed by atoms with Gasteiger partial charge in [-0.25, -0.2) is 4.79 Å². The SMILES string of the molecule is Cn1cccc1C(=O)N1CCCCC1CCOC(=O)C=Cc1ccc(N2CCCC2=O)cc1. The van der Waals surface area contributed by atoms with Crippen LogP contribution in [0.25, 0.3) is 6.08 Å². The highest BCUT2D eigenvalue weighted by molar-refractivity contribution is 5.95. The molecule has 4 rings (SSSR count).